The van der Waals surface area contributed by atoms with Gasteiger partial charge in [-0.1, -0.05) is 0 Å². The molecule has 0 atom stereocenters. The van der Waals surface area contributed by atoms with Crippen LogP contribution in [0.1, 0.15) is 0 Å². The third-order valence-electron chi connectivity index (χ3n) is 3.06. The zero-order valence-electron chi connectivity index (χ0n) is 12.5. The highest BCUT2D eigenvalue weighted by Crippen LogP contribution is 2.41. The number of halogens is 2. The fraction of sp³-hybridized carbons (Fsp3) is 0. The lowest BCUT2D eigenvalue weighted by molar-refractivity contribution is -0.397. The Labute approximate surface area is 145 Å². The highest BCUT2D eigenvalue weighted by Gasteiger charge is 2.30. The smallest absolute Gasteiger partial charge is 0.318 e. The second kappa shape index (κ2) is 6.90. The van der Waals surface area contributed by atoms with Crippen molar-refractivity contribution in [2.45, 2.75) is 0 Å². The molecule has 2 aromatic carbocycles. The molecule has 2 aromatic rings. The van der Waals surface area contributed by atoms with E-state index in [1.807, 2.05) is 0 Å². The number of nitro benzene ring substituents is 4. The van der Waals surface area contributed by atoms with Crippen LogP contribution in [0, 0.1) is 52.1 Å². The number of hydrogen-bond acceptors (Lipinski definition) is 9. The molecular formula is C12H4F2N4O9. The maximum atomic E-state index is 13.7. The summed E-state index contributed by atoms with van der Waals surface area (Å²) in [5.74, 6) is -5.16. The summed E-state index contributed by atoms with van der Waals surface area (Å²) in [4.78, 5) is 38.4. The minimum atomic E-state index is -1.56. The first kappa shape index (κ1) is 19.0. The number of ether oxygens (including phenoxy) is 1. The molecule has 0 amide bonds. The van der Waals surface area contributed by atoms with E-state index in [9.17, 15) is 49.2 Å². The molecule has 2 rings (SSSR count). The zero-order chi connectivity index (χ0) is 20.5. The van der Waals surface area contributed by atoms with Crippen molar-refractivity contribution in [2.24, 2.45) is 0 Å². The fourth-order valence-corrected chi connectivity index (χ4v) is 1.91. The minimum absolute atomic E-state index is 0.207. The summed E-state index contributed by atoms with van der Waals surface area (Å²) >= 11 is 0. The van der Waals surface area contributed by atoms with E-state index in [0.29, 0.717) is 0 Å². The molecule has 13 nitrogen and oxygen atoms in total. The van der Waals surface area contributed by atoms with Crippen LogP contribution in [0.25, 0.3) is 0 Å². The zero-order valence-corrected chi connectivity index (χ0v) is 12.5. The second-order valence-corrected chi connectivity index (χ2v) is 4.67. The van der Waals surface area contributed by atoms with Crippen LogP contribution < -0.4 is 4.74 Å². The number of rotatable bonds is 6. The summed E-state index contributed by atoms with van der Waals surface area (Å²) in [5, 5.41) is 43.3. The van der Waals surface area contributed by atoms with E-state index >= 15 is 0 Å². The van der Waals surface area contributed by atoms with Crippen molar-refractivity contribution in [2.75, 3.05) is 0 Å². The summed E-state index contributed by atoms with van der Waals surface area (Å²) in [6, 6.07) is 0.828. The highest BCUT2D eigenvalue weighted by atomic mass is 19.1. The van der Waals surface area contributed by atoms with Crippen molar-refractivity contribution in [1.82, 2.24) is 0 Å². The predicted molar refractivity (Wildman–Crippen MR) is 79.5 cm³/mol. The summed E-state index contributed by atoms with van der Waals surface area (Å²) in [6.07, 6.45) is 0. The Morgan fingerprint density at radius 1 is 0.593 bits per heavy atom. The van der Waals surface area contributed by atoms with Gasteiger partial charge in [0.15, 0.2) is 0 Å². The minimum Gasteiger partial charge on any atom is -0.443 e. The van der Waals surface area contributed by atoms with E-state index in [2.05, 4.69) is 0 Å². The quantitative estimate of drug-likeness (QED) is 0.530. The van der Waals surface area contributed by atoms with Gasteiger partial charge in [-0.2, -0.15) is 8.78 Å². The van der Waals surface area contributed by atoms with Crippen LogP contribution in [0.15, 0.2) is 24.3 Å². The molecule has 0 heterocycles. The molecule has 0 aliphatic carbocycles. The van der Waals surface area contributed by atoms with Crippen LogP contribution >= 0.6 is 0 Å². The third-order valence-corrected chi connectivity index (χ3v) is 3.06. The topological polar surface area (TPSA) is 182 Å². The Morgan fingerprint density at radius 3 is 1.15 bits per heavy atom. The van der Waals surface area contributed by atoms with Gasteiger partial charge in [0.05, 0.1) is 19.7 Å². The molecule has 0 aliphatic heterocycles. The van der Waals surface area contributed by atoms with Crippen molar-refractivity contribution in [3.63, 3.8) is 0 Å². The largest absolute Gasteiger partial charge is 0.443 e. The normalized spacial score (nSPS) is 10.3. The summed E-state index contributed by atoms with van der Waals surface area (Å²) in [5.41, 5.74) is -4.82. The fourth-order valence-electron chi connectivity index (χ4n) is 1.91. The van der Waals surface area contributed by atoms with E-state index < -0.39 is 65.6 Å². The summed E-state index contributed by atoms with van der Waals surface area (Å²) < 4.78 is 32.2. The van der Waals surface area contributed by atoms with Crippen LogP contribution in [0.3, 0.4) is 0 Å². The molecular weight excluding hydrogens is 382 g/mol. The third kappa shape index (κ3) is 3.70. The first-order valence-electron chi connectivity index (χ1n) is 6.45. The van der Waals surface area contributed by atoms with Crippen molar-refractivity contribution in [3.8, 4) is 11.5 Å². The molecule has 140 valence electrons. The van der Waals surface area contributed by atoms with Gasteiger partial charge in [-0.25, -0.2) is 0 Å². The lowest BCUT2D eigenvalue weighted by Crippen LogP contribution is -2.02. The van der Waals surface area contributed by atoms with Crippen molar-refractivity contribution in [1.29, 1.82) is 0 Å². The molecule has 0 spiro atoms. The first-order valence-corrected chi connectivity index (χ1v) is 6.45. The summed E-state index contributed by atoms with van der Waals surface area (Å²) in [6.45, 7) is 0. The van der Waals surface area contributed by atoms with Crippen molar-refractivity contribution >= 4 is 22.7 Å². The van der Waals surface area contributed by atoms with E-state index in [0.717, 1.165) is 0 Å². The Bertz CT molecular complexity index is 931. The number of benzene rings is 2. The number of nitrogens with zero attached hydrogens (tertiary/aromatic N) is 4. The average molecular weight is 386 g/mol. The monoisotopic (exact) mass is 386 g/mol. The molecule has 0 fully saturated rings. The van der Waals surface area contributed by atoms with E-state index in [-0.39, 0.29) is 24.3 Å². The van der Waals surface area contributed by atoms with Crippen molar-refractivity contribution < 1.29 is 33.2 Å². The molecule has 27 heavy (non-hydrogen) atoms. The Kier molecular flexibility index (Phi) is 4.87. The van der Waals surface area contributed by atoms with Crippen LogP contribution in [0.2, 0.25) is 0 Å². The molecule has 0 saturated carbocycles. The van der Waals surface area contributed by atoms with E-state index in [1.54, 1.807) is 0 Å². The first-order chi connectivity index (χ1) is 12.5. The van der Waals surface area contributed by atoms with Gasteiger partial charge in [-0.05, 0) is 0 Å². The van der Waals surface area contributed by atoms with Gasteiger partial charge in [0.1, 0.15) is 12.1 Å². The predicted octanol–water partition coefficient (Wildman–Crippen LogP) is 3.39. The Morgan fingerprint density at radius 2 is 0.889 bits per heavy atom. The second-order valence-electron chi connectivity index (χ2n) is 4.67. The van der Waals surface area contributed by atoms with Gasteiger partial charge in [0, 0.05) is 12.1 Å². The summed E-state index contributed by atoms with van der Waals surface area (Å²) in [7, 11) is 0. The highest BCUT2D eigenvalue weighted by molar-refractivity contribution is 5.60. The van der Waals surface area contributed by atoms with E-state index in [4.69, 9.17) is 4.74 Å². The van der Waals surface area contributed by atoms with Gasteiger partial charge >= 0.3 is 22.7 Å². The molecule has 0 aliphatic rings. The molecule has 15 heteroatoms. The Balaban J connectivity index is 2.66. The van der Waals surface area contributed by atoms with Gasteiger partial charge < -0.3 is 4.74 Å². The standard InChI is InChI=1S/C12H4F2N4O9/c13-5-1-11(9(17(23)24)3-7(5)15(19)20)27-12-2-6(14)8(16(21)22)4-10(12)18(25)26/h1-4H. The maximum Gasteiger partial charge on any atom is 0.318 e. The average Bonchev–Trinajstić information content (AvgIpc) is 2.53. The SMILES string of the molecule is O=[N+]([O-])c1cc([N+](=O)[O-])c(Oc2cc(F)c([N+](=O)[O-])cc2[N+](=O)[O-])cc1F. The lowest BCUT2D eigenvalue weighted by Gasteiger charge is -2.07. The van der Waals surface area contributed by atoms with Crippen LogP contribution in [-0.2, 0) is 0 Å². The molecule has 0 saturated heterocycles. The number of hydrogen-bond donors (Lipinski definition) is 0. The van der Waals surface area contributed by atoms with Gasteiger partial charge in [0.2, 0.25) is 23.1 Å². The van der Waals surface area contributed by atoms with Gasteiger partial charge in [-0.15, -0.1) is 0 Å². The number of nitro groups is 4. The molecule has 0 radical (unpaired) electrons. The lowest BCUT2D eigenvalue weighted by atomic mass is 10.2. The molecule has 0 bridgehead atoms. The van der Waals surface area contributed by atoms with Crippen LogP contribution in [-0.4, -0.2) is 19.7 Å². The van der Waals surface area contributed by atoms with Crippen LogP contribution in [0.4, 0.5) is 31.5 Å². The van der Waals surface area contributed by atoms with Gasteiger partial charge in [-0.3, -0.25) is 40.5 Å². The Hall–Kier alpha value is -4.30. The van der Waals surface area contributed by atoms with Crippen LogP contribution in [0.5, 0.6) is 11.5 Å². The molecule has 0 aromatic heterocycles. The van der Waals surface area contributed by atoms with E-state index in [1.165, 1.54) is 0 Å². The van der Waals surface area contributed by atoms with Crippen molar-refractivity contribution in [3.05, 3.63) is 76.4 Å². The maximum absolute atomic E-state index is 13.7. The van der Waals surface area contributed by atoms with Gasteiger partial charge in [0.25, 0.3) is 0 Å². The molecule has 0 unspecified atom stereocenters. The molecule has 0 N–H and O–H groups in total.